The van der Waals surface area contributed by atoms with E-state index in [0.29, 0.717) is 23.2 Å². The molecule has 0 spiro atoms. The summed E-state index contributed by atoms with van der Waals surface area (Å²) in [5, 5.41) is 5.33. The smallest absolute Gasteiger partial charge is 0.240 e. The zero-order valence-electron chi connectivity index (χ0n) is 13.8. The van der Waals surface area contributed by atoms with Crippen LogP contribution in [0.25, 0.3) is 0 Å². The first kappa shape index (κ1) is 17.2. The van der Waals surface area contributed by atoms with Crippen molar-refractivity contribution in [1.82, 2.24) is 9.88 Å². The number of likely N-dealkylation sites (N-methyl/N-ethyl adjacent to an activating group) is 1. The summed E-state index contributed by atoms with van der Waals surface area (Å²) in [6.45, 7) is 2.73. The van der Waals surface area contributed by atoms with Crippen LogP contribution in [0.1, 0.15) is 11.3 Å². The van der Waals surface area contributed by atoms with Crippen LogP contribution in [0.5, 0.6) is 11.5 Å². The SMILES string of the molecule is COc1cccc(CN(C)CC(=O)Nc2nc(C)cs2)c1OC. The van der Waals surface area contributed by atoms with Gasteiger partial charge in [-0.25, -0.2) is 4.98 Å². The highest BCUT2D eigenvalue weighted by molar-refractivity contribution is 7.13. The van der Waals surface area contributed by atoms with Crippen LogP contribution in [0.4, 0.5) is 5.13 Å². The fourth-order valence-electron chi connectivity index (χ4n) is 2.24. The van der Waals surface area contributed by atoms with E-state index in [0.717, 1.165) is 11.3 Å². The molecular weight excluding hydrogens is 314 g/mol. The van der Waals surface area contributed by atoms with Crippen LogP contribution in [-0.4, -0.2) is 43.6 Å². The molecule has 0 unspecified atom stereocenters. The Morgan fingerprint density at radius 1 is 1.35 bits per heavy atom. The van der Waals surface area contributed by atoms with Gasteiger partial charge in [0.05, 0.1) is 26.5 Å². The van der Waals surface area contributed by atoms with Crippen LogP contribution in [0, 0.1) is 6.92 Å². The van der Waals surface area contributed by atoms with E-state index in [1.165, 1.54) is 11.3 Å². The molecule has 1 aromatic heterocycles. The van der Waals surface area contributed by atoms with Gasteiger partial charge < -0.3 is 14.8 Å². The van der Waals surface area contributed by atoms with Gasteiger partial charge in [0, 0.05) is 17.5 Å². The summed E-state index contributed by atoms with van der Waals surface area (Å²) in [6.07, 6.45) is 0. The largest absolute Gasteiger partial charge is 0.493 e. The average Bonchev–Trinajstić information content (AvgIpc) is 2.91. The van der Waals surface area contributed by atoms with E-state index in [9.17, 15) is 4.79 Å². The molecule has 1 N–H and O–H groups in total. The van der Waals surface area contributed by atoms with Crippen molar-refractivity contribution >= 4 is 22.4 Å². The van der Waals surface area contributed by atoms with Gasteiger partial charge in [-0.05, 0) is 20.0 Å². The summed E-state index contributed by atoms with van der Waals surface area (Å²) in [5.41, 5.74) is 1.87. The molecule has 0 saturated heterocycles. The second-order valence-corrected chi connectivity index (χ2v) is 6.03. The van der Waals surface area contributed by atoms with Crippen molar-refractivity contribution in [3.63, 3.8) is 0 Å². The molecule has 0 aliphatic carbocycles. The Hall–Kier alpha value is -2.12. The molecule has 2 aromatic rings. The number of hydrogen-bond acceptors (Lipinski definition) is 6. The average molecular weight is 335 g/mol. The second kappa shape index (κ2) is 7.94. The van der Waals surface area contributed by atoms with E-state index < -0.39 is 0 Å². The topological polar surface area (TPSA) is 63.7 Å². The molecule has 1 amide bonds. The van der Waals surface area contributed by atoms with E-state index in [1.54, 1.807) is 14.2 Å². The first-order valence-corrected chi connectivity index (χ1v) is 8.02. The highest BCUT2D eigenvalue weighted by atomic mass is 32.1. The Kier molecular flexibility index (Phi) is 5.95. The number of carbonyl (C=O) groups is 1. The van der Waals surface area contributed by atoms with Crippen molar-refractivity contribution in [3.05, 3.63) is 34.8 Å². The number of nitrogens with one attached hydrogen (secondary N) is 1. The van der Waals surface area contributed by atoms with Gasteiger partial charge in [-0.3, -0.25) is 9.69 Å². The Morgan fingerprint density at radius 2 is 2.13 bits per heavy atom. The molecule has 0 saturated carbocycles. The summed E-state index contributed by atoms with van der Waals surface area (Å²) in [7, 11) is 5.10. The molecule has 0 bridgehead atoms. The van der Waals surface area contributed by atoms with Crippen LogP contribution >= 0.6 is 11.3 Å². The second-order valence-electron chi connectivity index (χ2n) is 5.17. The fraction of sp³-hybridized carbons (Fsp3) is 0.375. The monoisotopic (exact) mass is 335 g/mol. The number of aromatic nitrogens is 1. The maximum atomic E-state index is 12.1. The Morgan fingerprint density at radius 3 is 2.74 bits per heavy atom. The van der Waals surface area contributed by atoms with Gasteiger partial charge in [0.25, 0.3) is 0 Å². The third-order valence-electron chi connectivity index (χ3n) is 3.20. The quantitative estimate of drug-likeness (QED) is 0.842. The van der Waals surface area contributed by atoms with Gasteiger partial charge in [0.2, 0.25) is 5.91 Å². The molecule has 0 aliphatic rings. The van der Waals surface area contributed by atoms with E-state index in [1.807, 2.05) is 42.5 Å². The van der Waals surface area contributed by atoms with Gasteiger partial charge in [0.15, 0.2) is 16.6 Å². The number of benzene rings is 1. The lowest BCUT2D eigenvalue weighted by Crippen LogP contribution is -2.30. The van der Waals surface area contributed by atoms with Crippen molar-refractivity contribution in [3.8, 4) is 11.5 Å². The van der Waals surface area contributed by atoms with E-state index in [4.69, 9.17) is 9.47 Å². The van der Waals surface area contributed by atoms with Gasteiger partial charge >= 0.3 is 0 Å². The zero-order valence-corrected chi connectivity index (χ0v) is 14.6. The predicted molar refractivity (Wildman–Crippen MR) is 91.4 cm³/mol. The summed E-state index contributed by atoms with van der Waals surface area (Å²) >= 11 is 1.42. The molecule has 1 heterocycles. The predicted octanol–water partition coefficient (Wildman–Crippen LogP) is 2.54. The zero-order chi connectivity index (χ0) is 16.8. The molecule has 2 rings (SSSR count). The normalized spacial score (nSPS) is 10.7. The molecular formula is C16H21N3O3S. The Balaban J connectivity index is 1.96. The van der Waals surface area contributed by atoms with Crippen molar-refractivity contribution in [1.29, 1.82) is 0 Å². The Bertz CT molecular complexity index is 672. The molecule has 0 fully saturated rings. The highest BCUT2D eigenvalue weighted by Gasteiger charge is 2.14. The van der Waals surface area contributed by atoms with Gasteiger partial charge in [-0.1, -0.05) is 12.1 Å². The van der Waals surface area contributed by atoms with Gasteiger partial charge in [-0.15, -0.1) is 11.3 Å². The lowest BCUT2D eigenvalue weighted by Gasteiger charge is -2.19. The minimum absolute atomic E-state index is 0.0938. The molecule has 0 aliphatic heterocycles. The molecule has 1 aromatic carbocycles. The first-order chi connectivity index (χ1) is 11.0. The van der Waals surface area contributed by atoms with Gasteiger partial charge in [-0.2, -0.15) is 0 Å². The minimum Gasteiger partial charge on any atom is -0.493 e. The number of aryl methyl sites for hydroxylation is 1. The van der Waals surface area contributed by atoms with Crippen molar-refractivity contribution in [2.24, 2.45) is 0 Å². The Labute approximate surface area is 140 Å². The van der Waals surface area contributed by atoms with Crippen LogP contribution in [0.2, 0.25) is 0 Å². The maximum Gasteiger partial charge on any atom is 0.240 e. The summed E-state index contributed by atoms with van der Waals surface area (Å²) in [5.74, 6) is 1.28. The van der Waals surface area contributed by atoms with Crippen LogP contribution in [-0.2, 0) is 11.3 Å². The minimum atomic E-state index is -0.0938. The number of amides is 1. The third-order valence-corrected chi connectivity index (χ3v) is 4.08. The summed E-state index contributed by atoms with van der Waals surface area (Å²) in [4.78, 5) is 18.2. The number of methoxy groups -OCH3 is 2. The molecule has 0 atom stereocenters. The van der Waals surface area contributed by atoms with E-state index >= 15 is 0 Å². The molecule has 6 nitrogen and oxygen atoms in total. The number of anilines is 1. The number of para-hydroxylation sites is 1. The molecule has 23 heavy (non-hydrogen) atoms. The molecule has 0 radical (unpaired) electrons. The highest BCUT2D eigenvalue weighted by Crippen LogP contribution is 2.31. The fourth-order valence-corrected chi connectivity index (χ4v) is 2.94. The standard InChI is InChI=1S/C16H21N3O3S/c1-11-10-23-16(17-11)18-14(20)9-19(2)8-12-6-5-7-13(21-3)15(12)22-4/h5-7,10H,8-9H2,1-4H3,(H,17,18,20). The third kappa shape index (κ3) is 4.67. The summed E-state index contributed by atoms with van der Waals surface area (Å²) < 4.78 is 10.7. The number of thiazole rings is 1. The number of carbonyl (C=O) groups excluding carboxylic acids is 1. The van der Waals surface area contributed by atoms with E-state index in [-0.39, 0.29) is 12.5 Å². The van der Waals surface area contributed by atoms with E-state index in [2.05, 4.69) is 10.3 Å². The van der Waals surface area contributed by atoms with Crippen molar-refractivity contribution in [2.45, 2.75) is 13.5 Å². The van der Waals surface area contributed by atoms with Crippen molar-refractivity contribution in [2.75, 3.05) is 33.1 Å². The first-order valence-electron chi connectivity index (χ1n) is 7.14. The number of hydrogen-bond donors (Lipinski definition) is 1. The number of rotatable bonds is 7. The summed E-state index contributed by atoms with van der Waals surface area (Å²) in [6, 6.07) is 5.71. The molecule has 124 valence electrons. The van der Waals surface area contributed by atoms with Crippen molar-refractivity contribution < 1.29 is 14.3 Å². The van der Waals surface area contributed by atoms with Crippen LogP contribution in [0.15, 0.2) is 23.6 Å². The molecule has 7 heteroatoms. The van der Waals surface area contributed by atoms with Crippen LogP contribution < -0.4 is 14.8 Å². The van der Waals surface area contributed by atoms with Crippen LogP contribution in [0.3, 0.4) is 0 Å². The number of ether oxygens (including phenoxy) is 2. The number of nitrogens with zero attached hydrogens (tertiary/aromatic N) is 2. The maximum absolute atomic E-state index is 12.1. The lowest BCUT2D eigenvalue weighted by atomic mass is 10.1. The van der Waals surface area contributed by atoms with Gasteiger partial charge in [0.1, 0.15) is 0 Å². The lowest BCUT2D eigenvalue weighted by molar-refractivity contribution is -0.117.